The van der Waals surface area contributed by atoms with Crippen molar-refractivity contribution >= 4 is 11.4 Å². The summed E-state index contributed by atoms with van der Waals surface area (Å²) in [6.07, 6.45) is 2.50. The number of fused-ring (bicyclic) bond motifs is 1. The number of hydrogen-bond donors (Lipinski definition) is 1. The molecule has 0 amide bonds. The van der Waals surface area contributed by atoms with E-state index in [9.17, 15) is 10.1 Å². The molecule has 0 saturated carbocycles. The van der Waals surface area contributed by atoms with E-state index in [1.54, 1.807) is 12.1 Å². The van der Waals surface area contributed by atoms with Crippen molar-refractivity contribution in [3.63, 3.8) is 0 Å². The van der Waals surface area contributed by atoms with Gasteiger partial charge in [0.05, 0.1) is 11.5 Å². The Balaban J connectivity index is 1.82. The molecular formula is C15H21N3O3. The molecule has 0 aromatic heterocycles. The highest BCUT2D eigenvalue weighted by molar-refractivity contribution is 5.60. The number of piperidine rings is 1. The molecule has 3 rings (SSSR count). The summed E-state index contributed by atoms with van der Waals surface area (Å²) in [6.45, 7) is 5.34. The molecule has 1 aromatic carbocycles. The van der Waals surface area contributed by atoms with Crippen LogP contribution in [0.15, 0.2) is 18.2 Å². The lowest BCUT2D eigenvalue weighted by Crippen LogP contribution is -2.40. The summed E-state index contributed by atoms with van der Waals surface area (Å²) >= 11 is 0. The average Bonchev–Trinajstić information content (AvgIpc) is 2.91. The quantitative estimate of drug-likeness (QED) is 0.680. The maximum Gasteiger partial charge on any atom is 0.311 e. The minimum atomic E-state index is -0.389. The molecule has 6 heteroatoms. The van der Waals surface area contributed by atoms with E-state index in [1.165, 1.54) is 12.8 Å². The lowest BCUT2D eigenvalue weighted by molar-refractivity contribution is -0.385. The summed E-state index contributed by atoms with van der Waals surface area (Å²) in [4.78, 5) is 13.0. The molecule has 2 saturated heterocycles. The van der Waals surface area contributed by atoms with Gasteiger partial charge in [-0.15, -0.1) is 0 Å². The van der Waals surface area contributed by atoms with Crippen LogP contribution in [0.2, 0.25) is 0 Å². The SMILES string of the molecule is CCOc1cc(N2CC3CCCNC3C2)ccc1[N+](=O)[O-]. The highest BCUT2D eigenvalue weighted by Crippen LogP contribution is 2.35. The van der Waals surface area contributed by atoms with Crippen molar-refractivity contribution in [3.8, 4) is 5.75 Å². The molecule has 2 atom stereocenters. The van der Waals surface area contributed by atoms with E-state index in [4.69, 9.17) is 4.74 Å². The Labute approximate surface area is 124 Å². The van der Waals surface area contributed by atoms with Gasteiger partial charge in [-0.25, -0.2) is 0 Å². The second kappa shape index (κ2) is 5.89. The molecule has 1 aromatic rings. The Morgan fingerprint density at radius 2 is 2.33 bits per heavy atom. The minimum Gasteiger partial charge on any atom is -0.487 e. The maximum atomic E-state index is 11.0. The number of rotatable bonds is 4. The van der Waals surface area contributed by atoms with E-state index >= 15 is 0 Å². The number of nitro benzene ring substituents is 1. The Bertz CT molecular complexity index is 521. The van der Waals surface area contributed by atoms with Crippen molar-refractivity contribution in [1.29, 1.82) is 0 Å². The highest BCUT2D eigenvalue weighted by atomic mass is 16.6. The maximum absolute atomic E-state index is 11.0. The van der Waals surface area contributed by atoms with Gasteiger partial charge in [0.1, 0.15) is 0 Å². The van der Waals surface area contributed by atoms with E-state index in [2.05, 4.69) is 10.2 Å². The first-order valence-corrected chi connectivity index (χ1v) is 7.58. The van der Waals surface area contributed by atoms with Gasteiger partial charge in [0, 0.05) is 37.0 Å². The van der Waals surface area contributed by atoms with Crippen molar-refractivity contribution in [3.05, 3.63) is 28.3 Å². The number of anilines is 1. The zero-order valence-corrected chi connectivity index (χ0v) is 12.2. The predicted molar refractivity (Wildman–Crippen MR) is 81.0 cm³/mol. The molecule has 6 nitrogen and oxygen atoms in total. The molecule has 0 aliphatic carbocycles. The number of benzene rings is 1. The highest BCUT2D eigenvalue weighted by Gasteiger charge is 2.34. The van der Waals surface area contributed by atoms with Crippen molar-refractivity contribution in [2.24, 2.45) is 5.92 Å². The van der Waals surface area contributed by atoms with E-state index in [1.807, 2.05) is 13.0 Å². The van der Waals surface area contributed by atoms with E-state index in [-0.39, 0.29) is 10.6 Å². The molecule has 2 heterocycles. The molecule has 0 radical (unpaired) electrons. The van der Waals surface area contributed by atoms with Gasteiger partial charge >= 0.3 is 5.69 Å². The monoisotopic (exact) mass is 291 g/mol. The second-order valence-corrected chi connectivity index (χ2v) is 5.71. The summed E-state index contributed by atoms with van der Waals surface area (Å²) in [5.74, 6) is 1.05. The molecule has 0 bridgehead atoms. The van der Waals surface area contributed by atoms with Gasteiger partial charge in [-0.2, -0.15) is 0 Å². The van der Waals surface area contributed by atoms with Crippen LogP contribution >= 0.6 is 0 Å². The Morgan fingerprint density at radius 3 is 3.05 bits per heavy atom. The molecule has 2 aliphatic rings. The molecule has 21 heavy (non-hydrogen) atoms. The first kappa shape index (κ1) is 14.1. The summed E-state index contributed by atoms with van der Waals surface area (Å²) in [7, 11) is 0. The third-order valence-electron chi connectivity index (χ3n) is 4.40. The molecule has 2 fully saturated rings. The van der Waals surface area contributed by atoms with E-state index in [0.717, 1.165) is 25.3 Å². The fourth-order valence-corrected chi connectivity index (χ4v) is 3.38. The summed E-state index contributed by atoms with van der Waals surface area (Å²) in [5, 5.41) is 14.6. The van der Waals surface area contributed by atoms with E-state index < -0.39 is 0 Å². The molecule has 2 unspecified atom stereocenters. The van der Waals surface area contributed by atoms with Gasteiger partial charge in [0.15, 0.2) is 5.75 Å². The third kappa shape index (κ3) is 2.81. The van der Waals surface area contributed by atoms with Crippen LogP contribution in [0.1, 0.15) is 19.8 Å². The van der Waals surface area contributed by atoms with Gasteiger partial charge in [-0.05, 0) is 38.3 Å². The van der Waals surface area contributed by atoms with Crippen LogP contribution in [0.5, 0.6) is 5.75 Å². The van der Waals surface area contributed by atoms with E-state index in [0.29, 0.717) is 24.3 Å². The van der Waals surface area contributed by atoms with Gasteiger partial charge < -0.3 is 15.0 Å². The van der Waals surface area contributed by atoms with Crippen molar-refractivity contribution in [2.75, 3.05) is 31.1 Å². The first-order chi connectivity index (χ1) is 10.2. The summed E-state index contributed by atoms with van der Waals surface area (Å²) < 4.78 is 5.43. The molecule has 114 valence electrons. The van der Waals surface area contributed by atoms with Crippen LogP contribution in [0.3, 0.4) is 0 Å². The summed E-state index contributed by atoms with van der Waals surface area (Å²) in [5.41, 5.74) is 1.05. The van der Waals surface area contributed by atoms with Gasteiger partial charge in [-0.1, -0.05) is 0 Å². The summed E-state index contributed by atoms with van der Waals surface area (Å²) in [6, 6.07) is 5.73. The fourth-order valence-electron chi connectivity index (χ4n) is 3.38. The van der Waals surface area contributed by atoms with Crippen molar-refractivity contribution < 1.29 is 9.66 Å². The standard InChI is InChI=1S/C15H21N3O3/c1-2-21-15-8-12(5-6-14(15)18(19)20)17-9-11-4-3-7-16-13(11)10-17/h5-6,8,11,13,16H,2-4,7,9-10H2,1H3. The van der Waals surface area contributed by atoms with Crippen molar-refractivity contribution in [2.45, 2.75) is 25.8 Å². The number of nitrogens with zero attached hydrogens (tertiary/aromatic N) is 2. The normalized spacial score (nSPS) is 24.7. The lowest BCUT2D eigenvalue weighted by atomic mass is 9.94. The zero-order chi connectivity index (χ0) is 14.8. The Kier molecular flexibility index (Phi) is 3.96. The number of nitrogens with one attached hydrogen (secondary N) is 1. The molecule has 0 spiro atoms. The third-order valence-corrected chi connectivity index (χ3v) is 4.40. The van der Waals surface area contributed by atoms with Crippen LogP contribution in [0, 0.1) is 16.0 Å². The second-order valence-electron chi connectivity index (χ2n) is 5.71. The topological polar surface area (TPSA) is 67.6 Å². The van der Waals surface area contributed by atoms with Gasteiger partial charge in [0.25, 0.3) is 0 Å². The average molecular weight is 291 g/mol. The first-order valence-electron chi connectivity index (χ1n) is 7.58. The minimum absolute atomic E-state index is 0.0374. The Morgan fingerprint density at radius 1 is 1.48 bits per heavy atom. The van der Waals surface area contributed by atoms with Crippen LogP contribution in [0.4, 0.5) is 11.4 Å². The number of nitro groups is 1. The van der Waals surface area contributed by atoms with Gasteiger partial charge in [0.2, 0.25) is 0 Å². The van der Waals surface area contributed by atoms with Gasteiger partial charge in [-0.3, -0.25) is 10.1 Å². The lowest BCUT2D eigenvalue weighted by Gasteiger charge is -2.24. The zero-order valence-electron chi connectivity index (χ0n) is 12.2. The predicted octanol–water partition coefficient (Wildman–Crippen LogP) is 2.18. The van der Waals surface area contributed by atoms with Crippen LogP contribution in [-0.4, -0.2) is 37.2 Å². The van der Waals surface area contributed by atoms with Crippen molar-refractivity contribution in [1.82, 2.24) is 5.32 Å². The van der Waals surface area contributed by atoms with Crippen LogP contribution in [-0.2, 0) is 0 Å². The van der Waals surface area contributed by atoms with Crippen LogP contribution in [0.25, 0.3) is 0 Å². The smallest absolute Gasteiger partial charge is 0.311 e. The number of ether oxygens (including phenoxy) is 1. The molecular weight excluding hydrogens is 270 g/mol. The fraction of sp³-hybridized carbons (Fsp3) is 0.600. The number of hydrogen-bond acceptors (Lipinski definition) is 5. The largest absolute Gasteiger partial charge is 0.487 e. The molecule has 1 N–H and O–H groups in total. The van der Waals surface area contributed by atoms with Crippen LogP contribution < -0.4 is 15.0 Å². The molecule has 2 aliphatic heterocycles. The Hall–Kier alpha value is -1.82.